The van der Waals surface area contributed by atoms with E-state index in [0.717, 1.165) is 11.8 Å². The van der Waals surface area contributed by atoms with Gasteiger partial charge in [-0.3, -0.25) is 0 Å². The summed E-state index contributed by atoms with van der Waals surface area (Å²) in [6.07, 6.45) is 13.5. The van der Waals surface area contributed by atoms with E-state index in [0.29, 0.717) is 5.25 Å². The van der Waals surface area contributed by atoms with Crippen molar-refractivity contribution < 1.29 is 0 Å². The molecule has 0 heterocycles. The molecule has 2 aliphatic rings. The van der Waals surface area contributed by atoms with E-state index in [1.807, 2.05) is 0 Å². The van der Waals surface area contributed by atoms with Crippen molar-refractivity contribution in [2.45, 2.75) is 81.3 Å². The van der Waals surface area contributed by atoms with E-state index < -0.39 is 0 Å². The molecule has 0 amide bonds. The molecule has 0 N–H and O–H groups in total. The highest BCUT2D eigenvalue weighted by Crippen LogP contribution is 2.35. The SMILES string of the molecule is SC1CCCC(c2ccc(-c3ccc(C4CCCCC4)cc3)cc2)CC1. The predicted molar refractivity (Wildman–Crippen MR) is 116 cm³/mol. The Hall–Kier alpha value is -1.21. The molecular weight excluding hydrogens is 332 g/mol. The van der Waals surface area contributed by atoms with E-state index in [1.165, 1.54) is 80.9 Å². The van der Waals surface area contributed by atoms with Gasteiger partial charge < -0.3 is 0 Å². The first-order valence-electron chi connectivity index (χ1n) is 10.7. The summed E-state index contributed by atoms with van der Waals surface area (Å²) in [5, 5.41) is 0.613. The topological polar surface area (TPSA) is 0 Å². The van der Waals surface area contributed by atoms with Gasteiger partial charge in [-0.2, -0.15) is 12.6 Å². The molecule has 26 heavy (non-hydrogen) atoms. The molecule has 2 aliphatic carbocycles. The summed E-state index contributed by atoms with van der Waals surface area (Å²) in [7, 11) is 0. The van der Waals surface area contributed by atoms with Crippen molar-refractivity contribution >= 4 is 12.6 Å². The molecule has 0 saturated heterocycles. The fraction of sp³-hybridized carbons (Fsp3) is 0.520. The highest BCUT2D eigenvalue weighted by atomic mass is 32.1. The van der Waals surface area contributed by atoms with Crippen LogP contribution in [0.5, 0.6) is 0 Å². The summed E-state index contributed by atoms with van der Waals surface area (Å²) < 4.78 is 0. The fourth-order valence-electron chi connectivity index (χ4n) is 4.95. The van der Waals surface area contributed by atoms with Crippen LogP contribution in [-0.2, 0) is 0 Å². The lowest BCUT2D eigenvalue weighted by Gasteiger charge is -2.22. The molecule has 2 aromatic carbocycles. The first-order chi connectivity index (χ1) is 12.8. The first-order valence-corrected chi connectivity index (χ1v) is 11.2. The van der Waals surface area contributed by atoms with Crippen LogP contribution in [-0.4, -0.2) is 5.25 Å². The molecule has 0 nitrogen and oxygen atoms in total. The van der Waals surface area contributed by atoms with Gasteiger partial charge in [0, 0.05) is 5.25 Å². The molecular formula is C25H32S. The average Bonchev–Trinajstić information content (AvgIpc) is 2.93. The molecule has 2 fully saturated rings. The second-order valence-electron chi connectivity index (χ2n) is 8.44. The minimum atomic E-state index is 0.613. The van der Waals surface area contributed by atoms with Gasteiger partial charge >= 0.3 is 0 Å². The fourth-order valence-corrected chi connectivity index (χ4v) is 5.28. The minimum absolute atomic E-state index is 0.613. The van der Waals surface area contributed by atoms with Gasteiger partial charge in [-0.1, -0.05) is 74.2 Å². The van der Waals surface area contributed by atoms with Gasteiger partial charge in [-0.05, 0) is 72.6 Å². The third-order valence-corrected chi connectivity index (χ3v) is 7.16. The standard InChI is InChI=1S/C25H32S/c26-25-8-4-7-20(17-18-25)22-11-15-24(16-12-22)23-13-9-21(10-14-23)19-5-2-1-3-6-19/h9-16,19-20,25-26H,1-8,17-18H2. The highest BCUT2D eigenvalue weighted by Gasteiger charge is 2.18. The third-order valence-electron chi connectivity index (χ3n) is 6.64. The van der Waals surface area contributed by atoms with E-state index in [-0.39, 0.29) is 0 Å². The monoisotopic (exact) mass is 364 g/mol. The molecule has 0 aliphatic heterocycles. The quantitative estimate of drug-likeness (QED) is 0.418. The first kappa shape index (κ1) is 18.2. The van der Waals surface area contributed by atoms with Gasteiger partial charge in [0.25, 0.3) is 0 Å². The molecule has 1 heteroatoms. The Morgan fingerprint density at radius 2 is 1.00 bits per heavy atom. The summed E-state index contributed by atoms with van der Waals surface area (Å²) in [6, 6.07) is 18.8. The number of thiol groups is 1. The maximum atomic E-state index is 4.69. The number of benzene rings is 2. The van der Waals surface area contributed by atoms with Crippen LogP contribution in [0, 0.1) is 0 Å². The van der Waals surface area contributed by atoms with Crippen LogP contribution >= 0.6 is 12.6 Å². The van der Waals surface area contributed by atoms with Crippen molar-refractivity contribution in [3.8, 4) is 11.1 Å². The molecule has 2 aromatic rings. The number of hydrogen-bond acceptors (Lipinski definition) is 1. The Morgan fingerprint density at radius 1 is 0.500 bits per heavy atom. The Morgan fingerprint density at radius 3 is 1.58 bits per heavy atom. The third kappa shape index (κ3) is 4.36. The Labute approximate surface area is 164 Å². The van der Waals surface area contributed by atoms with Gasteiger partial charge in [0.2, 0.25) is 0 Å². The molecule has 2 unspecified atom stereocenters. The van der Waals surface area contributed by atoms with Gasteiger partial charge in [0.1, 0.15) is 0 Å². The molecule has 2 atom stereocenters. The Bertz CT molecular complexity index is 679. The Kier molecular flexibility index (Phi) is 6.05. The molecule has 0 bridgehead atoms. The van der Waals surface area contributed by atoms with Crippen molar-refractivity contribution in [1.29, 1.82) is 0 Å². The second-order valence-corrected chi connectivity index (χ2v) is 9.17. The zero-order valence-electron chi connectivity index (χ0n) is 15.9. The van der Waals surface area contributed by atoms with Crippen molar-refractivity contribution in [2.75, 3.05) is 0 Å². The van der Waals surface area contributed by atoms with Gasteiger partial charge in [0.05, 0.1) is 0 Å². The Balaban J connectivity index is 1.44. The van der Waals surface area contributed by atoms with Crippen LogP contribution in [0.3, 0.4) is 0 Å². The normalized spacial score (nSPS) is 25.0. The lowest BCUT2D eigenvalue weighted by atomic mass is 9.83. The van der Waals surface area contributed by atoms with Crippen LogP contribution in [0.15, 0.2) is 48.5 Å². The smallest absolute Gasteiger partial charge is 0.00170 e. The van der Waals surface area contributed by atoms with E-state index in [2.05, 4.69) is 48.5 Å². The van der Waals surface area contributed by atoms with Crippen LogP contribution in [0.2, 0.25) is 0 Å². The largest absolute Gasteiger partial charge is 0.176 e. The van der Waals surface area contributed by atoms with Gasteiger partial charge in [0.15, 0.2) is 0 Å². The van der Waals surface area contributed by atoms with Crippen molar-refractivity contribution in [2.24, 2.45) is 0 Å². The highest BCUT2D eigenvalue weighted by molar-refractivity contribution is 7.80. The summed E-state index contributed by atoms with van der Waals surface area (Å²) in [6.45, 7) is 0. The maximum absolute atomic E-state index is 4.69. The number of rotatable bonds is 3. The molecule has 2 saturated carbocycles. The average molecular weight is 365 g/mol. The van der Waals surface area contributed by atoms with E-state index >= 15 is 0 Å². The summed E-state index contributed by atoms with van der Waals surface area (Å²) in [5.41, 5.74) is 5.77. The van der Waals surface area contributed by atoms with Crippen LogP contribution in [0.25, 0.3) is 11.1 Å². The molecule has 0 aromatic heterocycles. The van der Waals surface area contributed by atoms with E-state index in [1.54, 1.807) is 5.56 Å². The minimum Gasteiger partial charge on any atom is -0.176 e. The van der Waals surface area contributed by atoms with Gasteiger partial charge in [-0.15, -0.1) is 0 Å². The van der Waals surface area contributed by atoms with Crippen LogP contribution in [0.4, 0.5) is 0 Å². The summed E-state index contributed by atoms with van der Waals surface area (Å²) >= 11 is 4.69. The number of hydrogen-bond donors (Lipinski definition) is 1. The van der Waals surface area contributed by atoms with Crippen LogP contribution < -0.4 is 0 Å². The van der Waals surface area contributed by atoms with E-state index in [9.17, 15) is 0 Å². The van der Waals surface area contributed by atoms with Gasteiger partial charge in [-0.25, -0.2) is 0 Å². The zero-order valence-corrected chi connectivity index (χ0v) is 16.8. The second kappa shape index (κ2) is 8.65. The van der Waals surface area contributed by atoms with Crippen molar-refractivity contribution in [3.63, 3.8) is 0 Å². The van der Waals surface area contributed by atoms with Crippen molar-refractivity contribution in [3.05, 3.63) is 59.7 Å². The van der Waals surface area contributed by atoms with Crippen LogP contribution in [0.1, 0.15) is 87.2 Å². The van der Waals surface area contributed by atoms with Crippen molar-refractivity contribution in [1.82, 2.24) is 0 Å². The molecule has 138 valence electrons. The lowest BCUT2D eigenvalue weighted by Crippen LogP contribution is -2.04. The molecule has 0 spiro atoms. The maximum Gasteiger partial charge on any atom is 0.00170 e. The predicted octanol–water partition coefficient (Wildman–Crippen LogP) is 7.75. The zero-order chi connectivity index (χ0) is 17.8. The van der Waals surface area contributed by atoms with E-state index in [4.69, 9.17) is 12.6 Å². The molecule has 4 rings (SSSR count). The molecule has 0 radical (unpaired) electrons. The summed E-state index contributed by atoms with van der Waals surface area (Å²) in [5.74, 6) is 1.53. The summed E-state index contributed by atoms with van der Waals surface area (Å²) in [4.78, 5) is 0. The lowest BCUT2D eigenvalue weighted by molar-refractivity contribution is 0.443.